The highest BCUT2D eigenvalue weighted by Crippen LogP contribution is 2.74. The summed E-state index contributed by atoms with van der Waals surface area (Å²) < 4.78 is 39.0. The van der Waals surface area contributed by atoms with Gasteiger partial charge in [0.05, 0.1) is 17.1 Å². The first-order chi connectivity index (χ1) is 13.0. The molecule has 4 aliphatic rings. The highest BCUT2D eigenvalue weighted by molar-refractivity contribution is 5.97. The Morgan fingerprint density at radius 1 is 1.32 bits per heavy atom. The van der Waals surface area contributed by atoms with Crippen molar-refractivity contribution >= 4 is 17.7 Å². The van der Waals surface area contributed by atoms with E-state index in [2.05, 4.69) is 20.6 Å². The van der Waals surface area contributed by atoms with Crippen LogP contribution in [0.1, 0.15) is 55.8 Å². The molecule has 0 unspecified atom stereocenters. The molecule has 5 N–H and O–H groups in total. The van der Waals surface area contributed by atoms with Crippen molar-refractivity contribution in [1.29, 1.82) is 0 Å². The Morgan fingerprint density at radius 2 is 2.00 bits per heavy atom. The maximum Gasteiger partial charge on any atom is 0.394 e. The number of hydrogen-bond acceptors (Lipinski definition) is 6. The summed E-state index contributed by atoms with van der Waals surface area (Å²) in [4.78, 5) is 20.1. The SMILES string of the molecule is C[C@@H]1CC[C@@H](Nc2nc(NC34CC(C(F)(F)F)(C3)C4)ncc2C(N)=O)C[C@H]1O. The van der Waals surface area contributed by atoms with E-state index in [0.717, 1.165) is 12.8 Å². The van der Waals surface area contributed by atoms with E-state index < -0.39 is 29.1 Å². The number of amides is 1. The number of alkyl halides is 3. The zero-order valence-electron chi connectivity index (χ0n) is 15.5. The summed E-state index contributed by atoms with van der Waals surface area (Å²) in [6, 6.07) is -0.0736. The van der Waals surface area contributed by atoms with Crippen molar-refractivity contribution in [3.05, 3.63) is 11.8 Å². The Bertz CT molecular complexity index is 780. The van der Waals surface area contributed by atoms with Gasteiger partial charge in [-0.25, -0.2) is 4.98 Å². The Morgan fingerprint density at radius 3 is 2.57 bits per heavy atom. The molecule has 7 nitrogen and oxygen atoms in total. The first-order valence-electron chi connectivity index (χ1n) is 9.49. The minimum Gasteiger partial charge on any atom is -0.393 e. The topological polar surface area (TPSA) is 113 Å². The lowest BCUT2D eigenvalue weighted by molar-refractivity contribution is -0.327. The minimum absolute atomic E-state index is 0.0138. The molecular weight excluding hydrogens is 375 g/mol. The van der Waals surface area contributed by atoms with Crippen LogP contribution in [-0.2, 0) is 0 Å². The van der Waals surface area contributed by atoms with Gasteiger partial charge in [0.15, 0.2) is 0 Å². The molecule has 0 aromatic carbocycles. The van der Waals surface area contributed by atoms with Crippen LogP contribution < -0.4 is 16.4 Å². The number of anilines is 2. The molecule has 4 aliphatic carbocycles. The van der Waals surface area contributed by atoms with Crippen LogP contribution in [0.15, 0.2) is 6.20 Å². The summed E-state index contributed by atoms with van der Waals surface area (Å²) in [5.74, 6) is -0.0663. The van der Waals surface area contributed by atoms with Gasteiger partial charge in [-0.15, -0.1) is 0 Å². The van der Waals surface area contributed by atoms with E-state index in [0.29, 0.717) is 6.42 Å². The number of nitrogens with two attached hydrogens (primary N) is 1. The third kappa shape index (κ3) is 3.07. The third-order valence-corrected chi connectivity index (χ3v) is 6.56. The summed E-state index contributed by atoms with van der Waals surface area (Å²) >= 11 is 0. The van der Waals surface area contributed by atoms with E-state index in [-0.39, 0.29) is 48.6 Å². The van der Waals surface area contributed by atoms with E-state index in [1.54, 1.807) is 0 Å². The fourth-order valence-electron chi connectivity index (χ4n) is 4.81. The van der Waals surface area contributed by atoms with E-state index in [1.807, 2.05) is 6.92 Å². The summed E-state index contributed by atoms with van der Waals surface area (Å²) in [5, 5.41) is 16.2. The lowest BCUT2D eigenvalue weighted by atomic mass is 9.39. The average Bonchev–Trinajstić information content (AvgIpc) is 2.51. The smallest absolute Gasteiger partial charge is 0.393 e. The van der Waals surface area contributed by atoms with Crippen LogP contribution in [-0.4, -0.2) is 44.8 Å². The predicted octanol–water partition coefficient (Wildman–Crippen LogP) is 2.43. The van der Waals surface area contributed by atoms with Gasteiger partial charge in [-0.05, 0) is 44.4 Å². The lowest BCUT2D eigenvalue weighted by Gasteiger charge is -2.70. The molecule has 1 amide bonds. The van der Waals surface area contributed by atoms with Gasteiger partial charge < -0.3 is 21.5 Å². The van der Waals surface area contributed by atoms with Crippen LogP contribution in [0.3, 0.4) is 0 Å². The van der Waals surface area contributed by atoms with Gasteiger partial charge in [-0.3, -0.25) is 4.79 Å². The Hall–Kier alpha value is -2.10. The molecule has 4 fully saturated rings. The maximum atomic E-state index is 13.0. The van der Waals surface area contributed by atoms with E-state index >= 15 is 0 Å². The van der Waals surface area contributed by atoms with E-state index in [4.69, 9.17) is 5.73 Å². The fourth-order valence-corrected chi connectivity index (χ4v) is 4.81. The molecule has 154 valence electrons. The number of nitrogens with one attached hydrogen (secondary N) is 2. The van der Waals surface area contributed by atoms with Gasteiger partial charge in [-0.2, -0.15) is 18.2 Å². The summed E-state index contributed by atoms with van der Waals surface area (Å²) in [6.45, 7) is 1.99. The zero-order valence-corrected chi connectivity index (χ0v) is 15.5. The van der Waals surface area contributed by atoms with Gasteiger partial charge in [0.25, 0.3) is 5.91 Å². The molecule has 4 saturated carbocycles. The predicted molar refractivity (Wildman–Crippen MR) is 95.7 cm³/mol. The summed E-state index contributed by atoms with van der Waals surface area (Å²) in [5.41, 5.74) is 3.32. The van der Waals surface area contributed by atoms with Crippen LogP contribution >= 0.6 is 0 Å². The molecule has 2 bridgehead atoms. The molecule has 10 heteroatoms. The van der Waals surface area contributed by atoms with Crippen molar-refractivity contribution < 1.29 is 23.1 Å². The number of hydrogen-bond donors (Lipinski definition) is 4. The van der Waals surface area contributed by atoms with Crippen molar-refractivity contribution in [2.75, 3.05) is 10.6 Å². The fraction of sp³-hybridized carbons (Fsp3) is 0.722. The number of primary amides is 1. The van der Waals surface area contributed by atoms with Crippen molar-refractivity contribution in [3.63, 3.8) is 0 Å². The van der Waals surface area contributed by atoms with Crippen molar-refractivity contribution in [2.45, 2.75) is 69.3 Å². The van der Waals surface area contributed by atoms with Crippen LogP contribution in [0.25, 0.3) is 0 Å². The maximum absolute atomic E-state index is 13.0. The van der Waals surface area contributed by atoms with Crippen LogP contribution in [0.2, 0.25) is 0 Å². The normalized spacial score (nSPS) is 36.8. The van der Waals surface area contributed by atoms with Crippen LogP contribution in [0.4, 0.5) is 24.9 Å². The Labute approximate surface area is 160 Å². The molecule has 28 heavy (non-hydrogen) atoms. The highest BCUT2D eigenvalue weighted by atomic mass is 19.4. The largest absolute Gasteiger partial charge is 0.394 e. The molecule has 0 spiro atoms. The van der Waals surface area contributed by atoms with Gasteiger partial charge >= 0.3 is 6.18 Å². The number of carbonyl (C=O) groups excluding carboxylic acids is 1. The van der Waals surface area contributed by atoms with E-state index in [1.165, 1.54) is 6.20 Å². The van der Waals surface area contributed by atoms with Crippen molar-refractivity contribution in [1.82, 2.24) is 9.97 Å². The number of nitrogens with zero attached hydrogens (tertiary/aromatic N) is 2. The van der Waals surface area contributed by atoms with Gasteiger partial charge in [0.2, 0.25) is 5.95 Å². The summed E-state index contributed by atoms with van der Waals surface area (Å²) in [6.07, 6.45) is -1.14. The first-order valence-corrected chi connectivity index (χ1v) is 9.49. The minimum atomic E-state index is -4.18. The van der Waals surface area contributed by atoms with Crippen LogP contribution in [0, 0.1) is 11.3 Å². The molecule has 5 rings (SSSR count). The number of aliphatic hydroxyl groups is 1. The van der Waals surface area contributed by atoms with Gasteiger partial charge in [0, 0.05) is 17.8 Å². The van der Waals surface area contributed by atoms with Gasteiger partial charge in [0.1, 0.15) is 5.82 Å². The van der Waals surface area contributed by atoms with Gasteiger partial charge in [-0.1, -0.05) is 6.92 Å². The monoisotopic (exact) mass is 399 g/mol. The standard InChI is InChI=1S/C18H24F3N5O2/c1-9-2-3-10(4-12(9)27)24-14-11(13(22)28)5-23-15(25-14)26-17-6-16(7-17,8-17)18(19,20)21/h5,9-10,12,27H,2-4,6-8H2,1H3,(H2,22,28)(H2,23,24,25,26)/t9-,10-,12-,16?,17?/m1/s1. The molecule has 0 saturated heterocycles. The molecule has 1 aromatic rings. The van der Waals surface area contributed by atoms with Crippen molar-refractivity contribution in [2.24, 2.45) is 17.1 Å². The average molecular weight is 399 g/mol. The molecule has 3 atom stereocenters. The third-order valence-electron chi connectivity index (χ3n) is 6.56. The van der Waals surface area contributed by atoms with E-state index in [9.17, 15) is 23.1 Å². The second-order valence-electron chi connectivity index (χ2n) is 8.73. The Kier molecular flexibility index (Phi) is 4.26. The number of halogens is 3. The second-order valence-corrected chi connectivity index (χ2v) is 8.73. The quantitative estimate of drug-likeness (QED) is 0.605. The molecule has 0 aliphatic heterocycles. The van der Waals surface area contributed by atoms with Crippen molar-refractivity contribution in [3.8, 4) is 0 Å². The molecular formula is C18H24F3N5O2. The molecule has 1 aromatic heterocycles. The number of aliphatic hydroxyl groups excluding tert-OH is 1. The number of aromatic nitrogens is 2. The second kappa shape index (κ2) is 6.20. The first kappa shape index (κ1) is 19.2. The zero-order chi connectivity index (χ0) is 20.3. The molecule has 0 radical (unpaired) electrons. The number of carbonyl (C=O) groups is 1. The molecule has 1 heterocycles. The highest BCUT2D eigenvalue weighted by Gasteiger charge is 2.78. The Balaban J connectivity index is 1.47. The lowest BCUT2D eigenvalue weighted by Crippen LogP contribution is -2.75. The number of rotatable bonds is 5. The van der Waals surface area contributed by atoms with Crippen LogP contribution in [0.5, 0.6) is 0 Å². The summed E-state index contributed by atoms with van der Waals surface area (Å²) in [7, 11) is 0.